The fourth-order valence-electron chi connectivity index (χ4n) is 3.21. The minimum atomic E-state index is -3.84. The molecular weight excluding hydrogens is 426 g/mol. The Balaban J connectivity index is 2.27. The molecular formula is C24H33N3O4S. The first-order chi connectivity index (χ1) is 15.1. The van der Waals surface area contributed by atoms with Crippen LogP contribution in [0.2, 0.25) is 0 Å². The predicted octanol–water partition coefficient (Wildman–Crippen LogP) is 2.87. The quantitative estimate of drug-likeness (QED) is 0.592. The number of carbonyl (C=O) groups excluding carboxylic acids is 2. The van der Waals surface area contributed by atoms with Gasteiger partial charge in [0.1, 0.15) is 6.04 Å². The first-order valence-electron chi connectivity index (χ1n) is 10.7. The Morgan fingerprint density at radius 1 is 1.03 bits per heavy atom. The van der Waals surface area contributed by atoms with Gasteiger partial charge < -0.3 is 10.2 Å². The normalized spacial score (nSPS) is 12.4. The summed E-state index contributed by atoms with van der Waals surface area (Å²) in [4.78, 5) is 27.4. The third kappa shape index (κ3) is 6.40. The molecule has 0 aliphatic carbocycles. The fraction of sp³-hybridized carbons (Fsp3) is 0.417. The van der Waals surface area contributed by atoms with E-state index < -0.39 is 22.0 Å². The molecule has 1 N–H and O–H groups in total. The van der Waals surface area contributed by atoms with Crippen LogP contribution in [0.25, 0.3) is 0 Å². The number of aryl methyl sites for hydroxylation is 2. The van der Waals surface area contributed by atoms with Crippen molar-refractivity contribution in [3.05, 3.63) is 65.2 Å². The van der Waals surface area contributed by atoms with Crippen LogP contribution in [0.1, 0.15) is 37.0 Å². The summed E-state index contributed by atoms with van der Waals surface area (Å²) in [6, 6.07) is 13.4. The highest BCUT2D eigenvalue weighted by Gasteiger charge is 2.30. The van der Waals surface area contributed by atoms with Crippen LogP contribution in [0.5, 0.6) is 0 Å². The topological polar surface area (TPSA) is 86.8 Å². The van der Waals surface area contributed by atoms with E-state index in [2.05, 4.69) is 5.32 Å². The smallest absolute Gasteiger partial charge is 0.243 e. The average Bonchev–Trinajstić information content (AvgIpc) is 2.76. The Morgan fingerprint density at radius 2 is 1.66 bits per heavy atom. The molecule has 0 radical (unpaired) electrons. The lowest BCUT2D eigenvalue weighted by atomic mass is 10.1. The monoisotopic (exact) mass is 459 g/mol. The number of sulfonamides is 1. The number of nitrogens with one attached hydrogen (secondary N) is 1. The van der Waals surface area contributed by atoms with Crippen molar-refractivity contribution in [2.45, 2.75) is 51.6 Å². The third-order valence-electron chi connectivity index (χ3n) is 5.41. The van der Waals surface area contributed by atoms with E-state index in [1.54, 1.807) is 19.1 Å². The summed E-state index contributed by atoms with van der Waals surface area (Å²) in [5.74, 6) is -0.705. The van der Waals surface area contributed by atoms with Crippen LogP contribution in [0, 0.1) is 13.8 Å². The van der Waals surface area contributed by atoms with Gasteiger partial charge in [0.05, 0.1) is 11.4 Å². The van der Waals surface area contributed by atoms with Crippen molar-refractivity contribution in [2.24, 2.45) is 0 Å². The molecule has 0 spiro atoms. The van der Waals surface area contributed by atoms with E-state index in [0.29, 0.717) is 6.54 Å². The Hall–Kier alpha value is -2.71. The standard InChI is InChI=1S/C24H33N3O4S/c1-6-15-25-24(29)20(4)27(16-21-10-8-7-9-19(21)3)23(28)17-26(5)32(30,31)22-13-11-18(2)12-14-22/h7-14,20H,6,15-17H2,1-5H3,(H,25,29)/t20-/m1/s1. The highest BCUT2D eigenvalue weighted by atomic mass is 32.2. The van der Waals surface area contributed by atoms with Crippen LogP contribution in [0.3, 0.4) is 0 Å². The van der Waals surface area contributed by atoms with Gasteiger partial charge in [-0.1, -0.05) is 48.9 Å². The maximum atomic E-state index is 13.3. The maximum absolute atomic E-state index is 13.3. The summed E-state index contributed by atoms with van der Waals surface area (Å²) >= 11 is 0. The summed E-state index contributed by atoms with van der Waals surface area (Å²) in [6.07, 6.45) is 0.779. The minimum absolute atomic E-state index is 0.123. The highest BCUT2D eigenvalue weighted by molar-refractivity contribution is 7.89. The molecule has 0 saturated heterocycles. The molecule has 0 saturated carbocycles. The number of hydrogen-bond acceptors (Lipinski definition) is 4. The first-order valence-corrected chi connectivity index (χ1v) is 12.2. The van der Waals surface area contributed by atoms with Gasteiger partial charge in [-0.3, -0.25) is 9.59 Å². The lowest BCUT2D eigenvalue weighted by Crippen LogP contribution is -2.50. The number of carbonyl (C=O) groups is 2. The summed E-state index contributed by atoms with van der Waals surface area (Å²) < 4.78 is 26.9. The molecule has 0 heterocycles. The van der Waals surface area contributed by atoms with Gasteiger partial charge >= 0.3 is 0 Å². The van der Waals surface area contributed by atoms with E-state index in [4.69, 9.17) is 0 Å². The van der Waals surface area contributed by atoms with Crippen molar-refractivity contribution in [3.8, 4) is 0 Å². The van der Waals surface area contributed by atoms with Gasteiger partial charge in [-0.15, -0.1) is 0 Å². The molecule has 2 aromatic carbocycles. The van der Waals surface area contributed by atoms with Crippen molar-refractivity contribution < 1.29 is 18.0 Å². The van der Waals surface area contributed by atoms with Gasteiger partial charge in [-0.2, -0.15) is 4.31 Å². The molecule has 0 fully saturated rings. The number of amides is 2. The second-order valence-electron chi connectivity index (χ2n) is 7.99. The molecule has 32 heavy (non-hydrogen) atoms. The van der Waals surface area contributed by atoms with E-state index in [1.165, 1.54) is 24.1 Å². The second-order valence-corrected chi connectivity index (χ2v) is 10.0. The molecule has 2 rings (SSSR count). The minimum Gasteiger partial charge on any atom is -0.354 e. The van der Waals surface area contributed by atoms with E-state index in [1.807, 2.05) is 45.0 Å². The molecule has 2 aromatic rings. The van der Waals surface area contributed by atoms with Crippen LogP contribution in [0.4, 0.5) is 0 Å². The summed E-state index contributed by atoms with van der Waals surface area (Å²) in [7, 11) is -2.46. The number of nitrogens with zero attached hydrogens (tertiary/aromatic N) is 2. The zero-order chi connectivity index (χ0) is 23.9. The van der Waals surface area contributed by atoms with Crippen LogP contribution >= 0.6 is 0 Å². The van der Waals surface area contributed by atoms with Crippen LogP contribution in [-0.4, -0.2) is 55.6 Å². The molecule has 8 heteroatoms. The zero-order valence-corrected chi connectivity index (χ0v) is 20.3. The van der Waals surface area contributed by atoms with Gasteiger partial charge in [-0.25, -0.2) is 8.42 Å². The van der Waals surface area contributed by atoms with E-state index in [0.717, 1.165) is 27.4 Å². The lowest BCUT2D eigenvalue weighted by Gasteiger charge is -2.30. The molecule has 7 nitrogen and oxygen atoms in total. The van der Waals surface area contributed by atoms with E-state index in [9.17, 15) is 18.0 Å². The Bertz CT molecular complexity index is 1040. The number of hydrogen-bond donors (Lipinski definition) is 1. The molecule has 0 aliphatic rings. The number of likely N-dealkylation sites (N-methyl/N-ethyl adjacent to an activating group) is 1. The van der Waals surface area contributed by atoms with Crippen LogP contribution in [-0.2, 0) is 26.2 Å². The van der Waals surface area contributed by atoms with Crippen molar-refractivity contribution in [2.75, 3.05) is 20.1 Å². The Morgan fingerprint density at radius 3 is 2.25 bits per heavy atom. The maximum Gasteiger partial charge on any atom is 0.243 e. The molecule has 0 unspecified atom stereocenters. The molecule has 0 aromatic heterocycles. The SMILES string of the molecule is CCCNC(=O)[C@@H](C)N(Cc1ccccc1C)C(=O)CN(C)S(=O)(=O)c1ccc(C)cc1. The van der Waals surface area contributed by atoms with E-state index in [-0.39, 0.29) is 23.9 Å². The first kappa shape index (κ1) is 25.5. The summed E-state index contributed by atoms with van der Waals surface area (Å²) in [5, 5.41) is 2.82. The van der Waals surface area contributed by atoms with E-state index >= 15 is 0 Å². The Kier molecular flexibility index (Phi) is 8.98. The highest BCUT2D eigenvalue weighted by Crippen LogP contribution is 2.17. The average molecular weight is 460 g/mol. The van der Waals surface area contributed by atoms with Gasteiger partial charge in [0.15, 0.2) is 0 Å². The second kappa shape index (κ2) is 11.2. The summed E-state index contributed by atoms with van der Waals surface area (Å²) in [6.45, 7) is 7.78. The molecule has 0 aliphatic heterocycles. The number of benzene rings is 2. The fourth-order valence-corrected chi connectivity index (χ4v) is 4.33. The Labute approximate surface area is 191 Å². The van der Waals surface area contributed by atoms with Crippen molar-refractivity contribution >= 4 is 21.8 Å². The molecule has 1 atom stereocenters. The lowest BCUT2D eigenvalue weighted by molar-refractivity contribution is -0.140. The van der Waals surface area contributed by atoms with Gasteiger partial charge in [0, 0.05) is 20.1 Å². The third-order valence-corrected chi connectivity index (χ3v) is 7.22. The van der Waals surface area contributed by atoms with Gasteiger partial charge in [-0.05, 0) is 50.5 Å². The van der Waals surface area contributed by atoms with Crippen molar-refractivity contribution in [1.29, 1.82) is 0 Å². The van der Waals surface area contributed by atoms with Crippen LogP contribution in [0.15, 0.2) is 53.4 Å². The predicted molar refractivity (Wildman–Crippen MR) is 125 cm³/mol. The largest absolute Gasteiger partial charge is 0.354 e. The molecule has 174 valence electrons. The number of rotatable bonds is 10. The zero-order valence-electron chi connectivity index (χ0n) is 19.5. The van der Waals surface area contributed by atoms with Gasteiger partial charge in [0.2, 0.25) is 21.8 Å². The van der Waals surface area contributed by atoms with Gasteiger partial charge in [0.25, 0.3) is 0 Å². The molecule has 2 amide bonds. The summed E-state index contributed by atoms with van der Waals surface area (Å²) in [5.41, 5.74) is 2.84. The van der Waals surface area contributed by atoms with Crippen LogP contribution < -0.4 is 5.32 Å². The van der Waals surface area contributed by atoms with Crippen molar-refractivity contribution in [1.82, 2.24) is 14.5 Å². The molecule has 0 bridgehead atoms. The van der Waals surface area contributed by atoms with Crippen molar-refractivity contribution in [3.63, 3.8) is 0 Å².